The molecule has 0 radical (unpaired) electrons. The summed E-state index contributed by atoms with van der Waals surface area (Å²) in [5.74, 6) is 0.893. The first-order chi connectivity index (χ1) is 8.74. The predicted octanol–water partition coefficient (Wildman–Crippen LogP) is 4.46. The van der Waals surface area contributed by atoms with Gasteiger partial charge < -0.3 is 9.73 Å². The van der Waals surface area contributed by atoms with E-state index in [0.29, 0.717) is 11.7 Å². The Balaban J connectivity index is 1.95. The minimum atomic E-state index is 0.506. The lowest BCUT2D eigenvalue weighted by Gasteiger charge is -2.06. The molecule has 3 aromatic heterocycles. The van der Waals surface area contributed by atoms with Crippen molar-refractivity contribution in [1.29, 1.82) is 0 Å². The molecular weight excluding hydrogens is 268 g/mol. The molecule has 0 aliphatic rings. The Labute approximate surface area is 113 Å². The fourth-order valence-electron chi connectivity index (χ4n) is 1.82. The van der Waals surface area contributed by atoms with Crippen LogP contribution < -0.4 is 5.32 Å². The second kappa shape index (κ2) is 4.63. The van der Waals surface area contributed by atoms with Crippen LogP contribution in [0.25, 0.3) is 10.2 Å². The van der Waals surface area contributed by atoms with Crippen LogP contribution in [-0.4, -0.2) is 4.98 Å². The van der Waals surface area contributed by atoms with Gasteiger partial charge in [0.15, 0.2) is 0 Å². The zero-order valence-corrected chi connectivity index (χ0v) is 11.3. The maximum Gasteiger partial charge on any atom is 0.131 e. The summed E-state index contributed by atoms with van der Waals surface area (Å²) in [4.78, 5) is 4.35. The highest BCUT2D eigenvalue weighted by atomic mass is 35.5. The fourth-order valence-corrected chi connectivity index (χ4v) is 2.99. The molecule has 0 aliphatic heterocycles. The lowest BCUT2D eigenvalue weighted by Crippen LogP contribution is -1.98. The number of furan rings is 1. The molecule has 0 aromatic carbocycles. The van der Waals surface area contributed by atoms with Gasteiger partial charge >= 0.3 is 0 Å². The van der Waals surface area contributed by atoms with Crippen LogP contribution in [0.4, 0.5) is 5.69 Å². The SMILES string of the molecule is Cc1csc2c(NCc3ccco3)cc(Cl)nc12. The predicted molar refractivity (Wildman–Crippen MR) is 75.4 cm³/mol. The maximum atomic E-state index is 6.04. The summed E-state index contributed by atoms with van der Waals surface area (Å²) in [6.07, 6.45) is 1.67. The van der Waals surface area contributed by atoms with Crippen molar-refractivity contribution in [3.8, 4) is 0 Å². The minimum Gasteiger partial charge on any atom is -0.467 e. The van der Waals surface area contributed by atoms with Crippen molar-refractivity contribution in [2.45, 2.75) is 13.5 Å². The zero-order valence-electron chi connectivity index (χ0n) is 9.74. The second-order valence-corrected chi connectivity index (χ2v) is 5.29. The van der Waals surface area contributed by atoms with Gasteiger partial charge in [-0.3, -0.25) is 0 Å². The minimum absolute atomic E-state index is 0.506. The summed E-state index contributed by atoms with van der Waals surface area (Å²) in [6.45, 7) is 2.68. The number of aromatic nitrogens is 1. The summed E-state index contributed by atoms with van der Waals surface area (Å²) in [5.41, 5.74) is 3.12. The largest absolute Gasteiger partial charge is 0.467 e. The number of hydrogen-bond acceptors (Lipinski definition) is 4. The van der Waals surface area contributed by atoms with Crippen LogP contribution in [0.2, 0.25) is 5.15 Å². The number of thiophene rings is 1. The quantitative estimate of drug-likeness (QED) is 0.719. The molecule has 5 heteroatoms. The molecule has 3 nitrogen and oxygen atoms in total. The molecule has 92 valence electrons. The number of anilines is 1. The Kier molecular flexibility index (Phi) is 2.97. The van der Waals surface area contributed by atoms with Crippen molar-refractivity contribution in [1.82, 2.24) is 4.98 Å². The summed E-state index contributed by atoms with van der Waals surface area (Å²) in [6, 6.07) is 5.66. The van der Waals surface area contributed by atoms with E-state index in [0.717, 1.165) is 27.2 Å². The summed E-state index contributed by atoms with van der Waals surface area (Å²) in [7, 11) is 0. The van der Waals surface area contributed by atoms with E-state index < -0.39 is 0 Å². The van der Waals surface area contributed by atoms with E-state index in [4.69, 9.17) is 16.0 Å². The van der Waals surface area contributed by atoms with E-state index in [1.54, 1.807) is 17.6 Å². The van der Waals surface area contributed by atoms with E-state index in [9.17, 15) is 0 Å². The first kappa shape index (κ1) is 11.6. The van der Waals surface area contributed by atoms with Gasteiger partial charge in [0.2, 0.25) is 0 Å². The molecule has 0 fully saturated rings. The molecule has 0 saturated heterocycles. The average molecular weight is 279 g/mol. The normalized spacial score (nSPS) is 11.0. The number of nitrogens with zero attached hydrogens (tertiary/aromatic N) is 1. The Morgan fingerprint density at radius 2 is 2.39 bits per heavy atom. The average Bonchev–Trinajstić information content (AvgIpc) is 2.97. The van der Waals surface area contributed by atoms with Crippen LogP contribution in [0.1, 0.15) is 11.3 Å². The van der Waals surface area contributed by atoms with Crippen molar-refractivity contribution >= 4 is 38.8 Å². The zero-order chi connectivity index (χ0) is 12.5. The standard InChI is InChI=1S/C13H11ClN2OS/c1-8-7-18-13-10(5-11(14)16-12(8)13)15-6-9-3-2-4-17-9/h2-5,7H,6H2,1H3,(H,15,16). The molecule has 0 unspecified atom stereocenters. The first-order valence-electron chi connectivity index (χ1n) is 5.54. The van der Waals surface area contributed by atoms with E-state index in [1.165, 1.54) is 0 Å². The number of hydrogen-bond donors (Lipinski definition) is 1. The third-order valence-corrected chi connectivity index (χ3v) is 4.02. The molecule has 0 bridgehead atoms. The van der Waals surface area contributed by atoms with Gasteiger partial charge in [-0.15, -0.1) is 11.3 Å². The molecule has 0 spiro atoms. The van der Waals surface area contributed by atoms with Gasteiger partial charge in [-0.2, -0.15) is 0 Å². The van der Waals surface area contributed by atoms with E-state index >= 15 is 0 Å². The van der Waals surface area contributed by atoms with Crippen molar-refractivity contribution in [2.24, 2.45) is 0 Å². The highest BCUT2D eigenvalue weighted by molar-refractivity contribution is 7.18. The number of halogens is 1. The van der Waals surface area contributed by atoms with Gasteiger partial charge in [-0.05, 0) is 30.0 Å². The van der Waals surface area contributed by atoms with Gasteiger partial charge in [0.1, 0.15) is 10.9 Å². The lowest BCUT2D eigenvalue weighted by atomic mass is 10.2. The third-order valence-electron chi connectivity index (χ3n) is 2.70. The maximum absolute atomic E-state index is 6.04. The van der Waals surface area contributed by atoms with Gasteiger partial charge in [0, 0.05) is 6.07 Å². The van der Waals surface area contributed by atoms with Crippen molar-refractivity contribution in [3.05, 3.63) is 46.3 Å². The van der Waals surface area contributed by atoms with Crippen LogP contribution in [0.3, 0.4) is 0 Å². The summed E-state index contributed by atoms with van der Waals surface area (Å²) < 4.78 is 6.42. The third kappa shape index (κ3) is 2.09. The van der Waals surface area contributed by atoms with E-state index in [-0.39, 0.29) is 0 Å². The Morgan fingerprint density at radius 3 is 3.17 bits per heavy atom. The molecular formula is C13H11ClN2OS. The summed E-state index contributed by atoms with van der Waals surface area (Å²) >= 11 is 7.72. The molecule has 3 rings (SSSR count). The number of fused-ring (bicyclic) bond motifs is 1. The molecule has 1 N–H and O–H groups in total. The topological polar surface area (TPSA) is 38.1 Å². The highest BCUT2D eigenvalue weighted by Gasteiger charge is 2.09. The van der Waals surface area contributed by atoms with Crippen molar-refractivity contribution in [3.63, 3.8) is 0 Å². The number of pyridine rings is 1. The molecule has 0 atom stereocenters. The second-order valence-electron chi connectivity index (χ2n) is 4.02. The number of aryl methyl sites for hydroxylation is 1. The van der Waals surface area contributed by atoms with Gasteiger partial charge in [0.05, 0.1) is 28.7 Å². The van der Waals surface area contributed by atoms with Gasteiger partial charge in [-0.1, -0.05) is 11.6 Å². The molecule has 18 heavy (non-hydrogen) atoms. The smallest absolute Gasteiger partial charge is 0.131 e. The molecule has 3 aromatic rings. The van der Waals surface area contributed by atoms with E-state index in [2.05, 4.69) is 15.7 Å². The molecule has 0 amide bonds. The van der Waals surface area contributed by atoms with Gasteiger partial charge in [-0.25, -0.2) is 4.98 Å². The van der Waals surface area contributed by atoms with E-state index in [1.807, 2.05) is 25.1 Å². The lowest BCUT2D eigenvalue weighted by molar-refractivity contribution is 0.518. The molecule has 0 saturated carbocycles. The first-order valence-corrected chi connectivity index (χ1v) is 6.80. The Morgan fingerprint density at radius 1 is 1.50 bits per heavy atom. The van der Waals surface area contributed by atoms with Gasteiger partial charge in [0.25, 0.3) is 0 Å². The monoisotopic (exact) mass is 278 g/mol. The van der Waals surface area contributed by atoms with Crippen LogP contribution in [0, 0.1) is 6.92 Å². The Hall–Kier alpha value is -1.52. The van der Waals surface area contributed by atoms with Crippen molar-refractivity contribution < 1.29 is 4.42 Å². The fraction of sp³-hybridized carbons (Fsp3) is 0.154. The van der Waals surface area contributed by atoms with Crippen LogP contribution in [0.15, 0.2) is 34.3 Å². The molecule has 0 aliphatic carbocycles. The summed E-state index contributed by atoms with van der Waals surface area (Å²) in [5, 5.41) is 5.93. The Bertz CT molecular complexity index is 676. The molecule has 3 heterocycles. The number of rotatable bonds is 3. The highest BCUT2D eigenvalue weighted by Crippen LogP contribution is 2.32. The number of nitrogens with one attached hydrogen (secondary N) is 1. The van der Waals surface area contributed by atoms with Crippen LogP contribution >= 0.6 is 22.9 Å². The van der Waals surface area contributed by atoms with Crippen LogP contribution in [-0.2, 0) is 6.54 Å². The van der Waals surface area contributed by atoms with Crippen LogP contribution in [0.5, 0.6) is 0 Å². The van der Waals surface area contributed by atoms with Crippen molar-refractivity contribution in [2.75, 3.05) is 5.32 Å².